The van der Waals surface area contributed by atoms with Gasteiger partial charge in [0.1, 0.15) is 6.20 Å². The van der Waals surface area contributed by atoms with E-state index in [1.54, 1.807) is 17.9 Å². The molecule has 0 bridgehead atoms. The van der Waals surface area contributed by atoms with Crippen molar-refractivity contribution in [3.8, 4) is 5.75 Å². The average Bonchev–Trinajstić information content (AvgIpc) is 2.45. The quantitative estimate of drug-likeness (QED) is 0.629. The fourth-order valence-electron chi connectivity index (χ4n) is 2.95. The Morgan fingerprint density at radius 3 is 2.68 bits per heavy atom. The van der Waals surface area contributed by atoms with Crippen molar-refractivity contribution in [2.24, 2.45) is 11.8 Å². The Bertz CT molecular complexity index is 553. The van der Waals surface area contributed by atoms with Gasteiger partial charge >= 0.3 is 5.82 Å². The molecule has 1 amide bonds. The number of likely N-dealkylation sites (tertiary alicyclic amines) is 1. The van der Waals surface area contributed by atoms with E-state index in [0.29, 0.717) is 24.9 Å². The number of carbonyl (C=O) groups excluding carboxylic acids is 1. The first-order chi connectivity index (χ1) is 10.4. The lowest BCUT2D eigenvalue weighted by Crippen LogP contribution is -2.47. The van der Waals surface area contributed by atoms with Crippen LogP contribution in [-0.2, 0) is 4.79 Å². The first kappa shape index (κ1) is 16.2. The van der Waals surface area contributed by atoms with Crippen LogP contribution in [0.15, 0.2) is 18.3 Å². The number of carbonyl (C=O) groups is 1. The molecule has 1 aliphatic heterocycles. The molecule has 2 rings (SSSR count). The van der Waals surface area contributed by atoms with Crippen LogP contribution in [0.1, 0.15) is 27.2 Å². The summed E-state index contributed by atoms with van der Waals surface area (Å²) in [6.45, 7) is 7.25. The van der Waals surface area contributed by atoms with Crippen molar-refractivity contribution < 1.29 is 14.5 Å². The highest BCUT2D eigenvalue weighted by atomic mass is 16.6. The predicted molar refractivity (Wildman–Crippen MR) is 80.5 cm³/mol. The molecule has 1 fully saturated rings. The third kappa shape index (κ3) is 3.72. The number of hydrogen-bond donors (Lipinski definition) is 0. The maximum absolute atomic E-state index is 12.5. The normalized spacial score (nSPS) is 23.0. The van der Waals surface area contributed by atoms with E-state index in [0.717, 1.165) is 6.42 Å². The highest BCUT2D eigenvalue weighted by Crippen LogP contribution is 2.26. The first-order valence-corrected chi connectivity index (χ1v) is 7.43. The lowest BCUT2D eigenvalue weighted by atomic mass is 9.91. The van der Waals surface area contributed by atoms with Crippen LogP contribution >= 0.6 is 0 Å². The summed E-state index contributed by atoms with van der Waals surface area (Å²) in [6, 6.07) is 3.00. The highest BCUT2D eigenvalue weighted by molar-refractivity contribution is 5.81. The summed E-state index contributed by atoms with van der Waals surface area (Å²) in [6.07, 6.45) is 1.65. The fourth-order valence-corrected chi connectivity index (χ4v) is 2.95. The molecule has 0 aliphatic carbocycles. The van der Waals surface area contributed by atoms with Crippen molar-refractivity contribution in [2.75, 3.05) is 13.1 Å². The second kappa shape index (κ2) is 6.72. The molecule has 0 radical (unpaired) electrons. The molecular formula is C15H21N3O4. The first-order valence-electron chi connectivity index (χ1n) is 7.43. The van der Waals surface area contributed by atoms with E-state index < -0.39 is 11.0 Å². The minimum absolute atomic E-state index is 0.0199. The van der Waals surface area contributed by atoms with Gasteiger partial charge in [-0.1, -0.05) is 13.8 Å². The lowest BCUT2D eigenvalue weighted by molar-refractivity contribution is -0.390. The maximum Gasteiger partial charge on any atom is 0.406 e. The summed E-state index contributed by atoms with van der Waals surface area (Å²) in [7, 11) is 0. The molecule has 0 spiro atoms. The molecule has 1 aromatic rings. The number of piperidine rings is 1. The molecule has 120 valence electrons. The van der Waals surface area contributed by atoms with E-state index in [9.17, 15) is 14.9 Å². The Hall–Kier alpha value is -2.18. The molecule has 1 aromatic heterocycles. The van der Waals surface area contributed by atoms with E-state index in [1.807, 2.05) is 0 Å². The van der Waals surface area contributed by atoms with Crippen molar-refractivity contribution in [1.82, 2.24) is 9.88 Å². The number of aromatic nitrogens is 1. The van der Waals surface area contributed by atoms with Gasteiger partial charge in [-0.15, -0.1) is 0 Å². The summed E-state index contributed by atoms with van der Waals surface area (Å²) >= 11 is 0. The SMILES string of the molecule is C[C@H]1C[C@H](C)CN(C(=O)[C@@H](C)Oc2cccnc2[N+](=O)[O-])C1. The summed E-state index contributed by atoms with van der Waals surface area (Å²) < 4.78 is 5.50. The van der Waals surface area contributed by atoms with Crippen molar-refractivity contribution in [2.45, 2.75) is 33.3 Å². The van der Waals surface area contributed by atoms with Gasteiger partial charge in [-0.05, 0) is 47.2 Å². The summed E-state index contributed by atoms with van der Waals surface area (Å²) in [5.74, 6) is 0.408. The molecule has 1 aliphatic rings. The largest absolute Gasteiger partial charge is 0.473 e. The Kier molecular flexibility index (Phi) is 4.95. The van der Waals surface area contributed by atoms with E-state index >= 15 is 0 Å². The van der Waals surface area contributed by atoms with Gasteiger partial charge in [0, 0.05) is 13.1 Å². The smallest absolute Gasteiger partial charge is 0.406 e. The molecule has 1 saturated heterocycles. The Morgan fingerprint density at radius 1 is 1.45 bits per heavy atom. The van der Waals surface area contributed by atoms with Crippen LogP contribution in [0, 0.1) is 22.0 Å². The van der Waals surface area contributed by atoms with Gasteiger partial charge in [-0.2, -0.15) is 0 Å². The average molecular weight is 307 g/mol. The van der Waals surface area contributed by atoms with Gasteiger partial charge in [-0.3, -0.25) is 4.79 Å². The zero-order valence-corrected chi connectivity index (χ0v) is 13.1. The van der Waals surface area contributed by atoms with Crippen molar-refractivity contribution in [3.63, 3.8) is 0 Å². The van der Waals surface area contributed by atoms with Gasteiger partial charge < -0.3 is 19.8 Å². The van der Waals surface area contributed by atoms with E-state index in [-0.39, 0.29) is 17.5 Å². The zero-order valence-electron chi connectivity index (χ0n) is 13.1. The van der Waals surface area contributed by atoms with Crippen LogP contribution < -0.4 is 4.74 Å². The van der Waals surface area contributed by atoms with Crippen molar-refractivity contribution >= 4 is 11.7 Å². The fraction of sp³-hybridized carbons (Fsp3) is 0.600. The zero-order chi connectivity index (χ0) is 16.3. The molecule has 0 aromatic carbocycles. The van der Waals surface area contributed by atoms with Gasteiger partial charge in [0.25, 0.3) is 5.91 Å². The maximum atomic E-state index is 12.5. The van der Waals surface area contributed by atoms with E-state index in [2.05, 4.69) is 18.8 Å². The third-order valence-corrected chi connectivity index (χ3v) is 3.76. The number of pyridine rings is 1. The number of amides is 1. The van der Waals surface area contributed by atoms with Crippen LogP contribution in [0.25, 0.3) is 0 Å². The second-order valence-electron chi connectivity index (χ2n) is 6.03. The number of nitrogens with zero attached hydrogens (tertiary/aromatic N) is 3. The van der Waals surface area contributed by atoms with Gasteiger partial charge in [0.2, 0.25) is 5.75 Å². The Labute approximate surface area is 129 Å². The highest BCUT2D eigenvalue weighted by Gasteiger charge is 2.30. The Balaban J connectivity index is 2.07. The molecule has 7 nitrogen and oxygen atoms in total. The van der Waals surface area contributed by atoms with Crippen LogP contribution in [-0.4, -0.2) is 39.9 Å². The van der Waals surface area contributed by atoms with E-state index in [4.69, 9.17) is 4.74 Å². The number of hydrogen-bond acceptors (Lipinski definition) is 5. The van der Waals surface area contributed by atoms with Crippen molar-refractivity contribution in [3.05, 3.63) is 28.4 Å². The van der Waals surface area contributed by atoms with Crippen molar-refractivity contribution in [1.29, 1.82) is 0 Å². The third-order valence-electron chi connectivity index (χ3n) is 3.76. The molecule has 0 saturated carbocycles. The van der Waals surface area contributed by atoms with Gasteiger partial charge in [0.15, 0.2) is 6.10 Å². The summed E-state index contributed by atoms with van der Waals surface area (Å²) in [5, 5.41) is 10.9. The number of rotatable bonds is 4. The minimum Gasteiger partial charge on any atom is -0.473 e. The van der Waals surface area contributed by atoms with E-state index in [1.165, 1.54) is 12.3 Å². The minimum atomic E-state index is -0.777. The number of ether oxygens (including phenoxy) is 1. The summed E-state index contributed by atoms with van der Waals surface area (Å²) in [4.78, 5) is 28.3. The van der Waals surface area contributed by atoms with Gasteiger partial charge in [0.05, 0.1) is 0 Å². The lowest BCUT2D eigenvalue weighted by Gasteiger charge is -2.36. The Morgan fingerprint density at radius 2 is 2.09 bits per heavy atom. The van der Waals surface area contributed by atoms with Crippen LogP contribution in [0.3, 0.4) is 0 Å². The number of nitro groups is 1. The molecule has 0 unspecified atom stereocenters. The van der Waals surface area contributed by atoms with Crippen LogP contribution in [0.2, 0.25) is 0 Å². The molecule has 7 heteroatoms. The summed E-state index contributed by atoms with van der Waals surface area (Å²) in [5.41, 5.74) is 0. The topological polar surface area (TPSA) is 85.6 Å². The molecule has 3 atom stereocenters. The van der Waals surface area contributed by atoms with Crippen LogP contribution in [0.5, 0.6) is 5.75 Å². The molecule has 22 heavy (non-hydrogen) atoms. The molecule has 0 N–H and O–H groups in total. The van der Waals surface area contributed by atoms with Gasteiger partial charge in [-0.25, -0.2) is 0 Å². The molecule has 2 heterocycles. The standard InChI is InChI=1S/C15H21N3O4/c1-10-7-11(2)9-17(8-10)15(19)12(3)22-13-5-4-6-16-14(13)18(20)21/h4-6,10-12H,7-9H2,1-3H3/t10-,11-,12+/m0/s1. The monoisotopic (exact) mass is 307 g/mol. The second-order valence-corrected chi connectivity index (χ2v) is 6.03. The van der Waals surface area contributed by atoms with Crippen LogP contribution in [0.4, 0.5) is 5.82 Å². The predicted octanol–water partition coefficient (Wildman–Crippen LogP) is 2.26. The molecular weight excluding hydrogens is 286 g/mol.